The molecule has 0 atom stereocenters. The number of pyridine rings is 1. The van der Waals surface area contributed by atoms with E-state index in [4.69, 9.17) is 20.2 Å². The molecule has 3 aromatic rings. The standard InChI is InChI=1S/C27H37N5O3/c1-4-34-17-23-30-25-26(19(2)20(3)29-27(25)28)32(23)15-12-21-10-13-31(14-11-21)24(33)18-35-16-22-8-6-5-7-9-22/h5-9,21H,4,10-18H2,1-3H3,(H2,28,29). The molecule has 0 bridgehead atoms. The molecule has 1 aromatic carbocycles. The number of benzene rings is 1. The molecule has 0 saturated carbocycles. The quantitative estimate of drug-likeness (QED) is 0.472. The van der Waals surface area contributed by atoms with Gasteiger partial charge in [-0.05, 0) is 57.1 Å². The van der Waals surface area contributed by atoms with Crippen molar-refractivity contribution in [3.05, 3.63) is 53.0 Å². The number of carbonyl (C=O) groups is 1. The number of aromatic nitrogens is 3. The Bertz CT molecular complexity index is 1140. The molecule has 188 valence electrons. The molecule has 4 rings (SSSR count). The van der Waals surface area contributed by atoms with Gasteiger partial charge in [0, 0.05) is 31.9 Å². The van der Waals surface area contributed by atoms with E-state index in [-0.39, 0.29) is 12.5 Å². The highest BCUT2D eigenvalue weighted by molar-refractivity contribution is 5.88. The Kier molecular flexibility index (Phi) is 8.36. The number of nitrogen functional groups attached to an aromatic ring is 1. The van der Waals surface area contributed by atoms with Crippen LogP contribution in [0.4, 0.5) is 5.82 Å². The molecule has 1 amide bonds. The lowest BCUT2D eigenvalue weighted by Crippen LogP contribution is -2.40. The Hall–Kier alpha value is -2.97. The van der Waals surface area contributed by atoms with Gasteiger partial charge in [0.25, 0.3) is 0 Å². The molecule has 1 fully saturated rings. The van der Waals surface area contributed by atoms with Crippen LogP contribution < -0.4 is 5.73 Å². The van der Waals surface area contributed by atoms with Gasteiger partial charge < -0.3 is 24.7 Å². The minimum Gasteiger partial charge on any atom is -0.382 e. The Labute approximate surface area is 207 Å². The van der Waals surface area contributed by atoms with Crippen LogP contribution in [0, 0.1) is 19.8 Å². The number of imidazole rings is 1. The van der Waals surface area contributed by atoms with E-state index in [1.807, 2.05) is 49.1 Å². The molecule has 0 unspecified atom stereocenters. The van der Waals surface area contributed by atoms with Gasteiger partial charge in [0.15, 0.2) is 5.82 Å². The first-order valence-electron chi connectivity index (χ1n) is 12.6. The first-order valence-corrected chi connectivity index (χ1v) is 12.6. The first kappa shape index (κ1) is 25.1. The Balaban J connectivity index is 1.32. The summed E-state index contributed by atoms with van der Waals surface area (Å²) in [4.78, 5) is 23.8. The summed E-state index contributed by atoms with van der Waals surface area (Å²) in [6.45, 7) is 10.2. The van der Waals surface area contributed by atoms with Crippen LogP contribution in [0.3, 0.4) is 0 Å². The molecule has 1 saturated heterocycles. The maximum atomic E-state index is 12.6. The number of nitrogens with zero attached hydrogens (tertiary/aromatic N) is 4. The molecular formula is C27H37N5O3. The van der Waals surface area contributed by atoms with Gasteiger partial charge in [-0.1, -0.05) is 30.3 Å². The fraction of sp³-hybridized carbons (Fsp3) is 0.519. The number of ether oxygens (including phenoxy) is 2. The van der Waals surface area contributed by atoms with Crippen LogP contribution in [0.15, 0.2) is 30.3 Å². The van der Waals surface area contributed by atoms with E-state index < -0.39 is 0 Å². The zero-order valence-electron chi connectivity index (χ0n) is 21.1. The summed E-state index contributed by atoms with van der Waals surface area (Å²) < 4.78 is 13.6. The summed E-state index contributed by atoms with van der Waals surface area (Å²) in [7, 11) is 0. The third-order valence-electron chi connectivity index (χ3n) is 6.98. The number of hydrogen-bond donors (Lipinski definition) is 1. The second kappa shape index (κ2) is 11.6. The van der Waals surface area contributed by atoms with Crippen molar-refractivity contribution in [2.75, 3.05) is 32.0 Å². The molecule has 0 spiro atoms. The van der Waals surface area contributed by atoms with Crippen molar-refractivity contribution < 1.29 is 14.3 Å². The zero-order chi connectivity index (χ0) is 24.8. The fourth-order valence-corrected chi connectivity index (χ4v) is 4.80. The van der Waals surface area contributed by atoms with Gasteiger partial charge in [0.1, 0.15) is 24.6 Å². The van der Waals surface area contributed by atoms with E-state index in [2.05, 4.69) is 16.5 Å². The lowest BCUT2D eigenvalue weighted by molar-refractivity contribution is -0.138. The Morgan fingerprint density at radius 2 is 1.83 bits per heavy atom. The lowest BCUT2D eigenvalue weighted by Gasteiger charge is -2.32. The second-order valence-corrected chi connectivity index (χ2v) is 9.31. The van der Waals surface area contributed by atoms with Gasteiger partial charge in [-0.3, -0.25) is 4.79 Å². The minimum atomic E-state index is 0.0769. The smallest absolute Gasteiger partial charge is 0.248 e. The van der Waals surface area contributed by atoms with Gasteiger partial charge in [0.05, 0.1) is 12.1 Å². The summed E-state index contributed by atoms with van der Waals surface area (Å²) in [6, 6.07) is 9.94. The summed E-state index contributed by atoms with van der Waals surface area (Å²) in [6.07, 6.45) is 3.02. The number of fused-ring (bicyclic) bond motifs is 1. The fourth-order valence-electron chi connectivity index (χ4n) is 4.80. The number of piperidine rings is 1. The van der Waals surface area contributed by atoms with Crippen LogP contribution in [0.5, 0.6) is 0 Å². The highest BCUT2D eigenvalue weighted by atomic mass is 16.5. The summed E-state index contributed by atoms with van der Waals surface area (Å²) >= 11 is 0. The topological polar surface area (TPSA) is 95.5 Å². The molecule has 8 nitrogen and oxygen atoms in total. The van der Waals surface area contributed by atoms with Gasteiger partial charge in [0.2, 0.25) is 5.91 Å². The highest BCUT2D eigenvalue weighted by Crippen LogP contribution is 2.28. The van der Waals surface area contributed by atoms with Crippen molar-refractivity contribution in [1.29, 1.82) is 0 Å². The van der Waals surface area contributed by atoms with Crippen LogP contribution >= 0.6 is 0 Å². The lowest BCUT2D eigenvalue weighted by atomic mass is 9.93. The zero-order valence-corrected chi connectivity index (χ0v) is 21.1. The summed E-state index contributed by atoms with van der Waals surface area (Å²) in [5.74, 6) is 2.00. The predicted molar refractivity (Wildman–Crippen MR) is 137 cm³/mol. The average Bonchev–Trinajstić information content (AvgIpc) is 3.24. The van der Waals surface area contributed by atoms with Gasteiger partial charge in [-0.25, -0.2) is 9.97 Å². The van der Waals surface area contributed by atoms with Crippen molar-refractivity contribution in [1.82, 2.24) is 19.4 Å². The molecular weight excluding hydrogens is 442 g/mol. The number of carbonyl (C=O) groups excluding carboxylic acids is 1. The van der Waals surface area contributed by atoms with Crippen molar-refractivity contribution in [2.24, 2.45) is 5.92 Å². The minimum absolute atomic E-state index is 0.0769. The van der Waals surface area contributed by atoms with Crippen LogP contribution in [0.2, 0.25) is 0 Å². The maximum absolute atomic E-state index is 12.6. The number of hydrogen-bond acceptors (Lipinski definition) is 6. The van der Waals surface area contributed by atoms with Gasteiger partial charge >= 0.3 is 0 Å². The van der Waals surface area contributed by atoms with Crippen LogP contribution in [-0.4, -0.2) is 51.6 Å². The molecule has 2 N–H and O–H groups in total. The van der Waals surface area contributed by atoms with Crippen LogP contribution in [0.1, 0.15) is 48.8 Å². The predicted octanol–water partition coefficient (Wildman–Crippen LogP) is 4.01. The van der Waals surface area contributed by atoms with E-state index >= 15 is 0 Å². The number of anilines is 1. The monoisotopic (exact) mass is 479 g/mol. The normalized spacial score (nSPS) is 14.7. The molecule has 1 aliphatic heterocycles. The average molecular weight is 480 g/mol. The number of rotatable bonds is 10. The van der Waals surface area contributed by atoms with Crippen molar-refractivity contribution in [2.45, 2.75) is 59.8 Å². The summed E-state index contributed by atoms with van der Waals surface area (Å²) in [5.41, 5.74) is 11.2. The highest BCUT2D eigenvalue weighted by Gasteiger charge is 2.24. The van der Waals surface area contributed by atoms with E-state index in [1.54, 1.807) is 0 Å². The molecule has 2 aromatic heterocycles. The Morgan fingerprint density at radius 3 is 2.54 bits per heavy atom. The number of nitrogens with two attached hydrogens (primary N) is 1. The second-order valence-electron chi connectivity index (χ2n) is 9.31. The molecule has 35 heavy (non-hydrogen) atoms. The number of amides is 1. The Morgan fingerprint density at radius 1 is 1.09 bits per heavy atom. The maximum Gasteiger partial charge on any atom is 0.248 e. The van der Waals surface area contributed by atoms with E-state index in [1.165, 1.54) is 0 Å². The third-order valence-corrected chi connectivity index (χ3v) is 6.98. The van der Waals surface area contributed by atoms with Gasteiger partial charge in [-0.15, -0.1) is 0 Å². The molecule has 3 heterocycles. The summed E-state index contributed by atoms with van der Waals surface area (Å²) in [5, 5.41) is 0. The molecule has 0 aliphatic carbocycles. The van der Waals surface area contributed by atoms with Crippen molar-refractivity contribution >= 4 is 22.8 Å². The van der Waals surface area contributed by atoms with Crippen LogP contribution in [-0.2, 0) is 34.0 Å². The molecule has 0 radical (unpaired) electrons. The largest absolute Gasteiger partial charge is 0.382 e. The van der Waals surface area contributed by atoms with E-state index in [9.17, 15) is 4.79 Å². The van der Waals surface area contributed by atoms with Crippen molar-refractivity contribution in [3.8, 4) is 0 Å². The SMILES string of the molecule is CCOCc1nc2c(N)nc(C)c(C)c2n1CCC1CCN(C(=O)COCc2ccccc2)CC1. The van der Waals surface area contributed by atoms with E-state index in [0.717, 1.165) is 72.6 Å². The number of aryl methyl sites for hydroxylation is 3. The van der Waals surface area contributed by atoms with Gasteiger partial charge in [-0.2, -0.15) is 0 Å². The molecule has 1 aliphatic rings. The third kappa shape index (κ3) is 6.00. The van der Waals surface area contributed by atoms with Crippen molar-refractivity contribution in [3.63, 3.8) is 0 Å². The number of likely N-dealkylation sites (tertiary alicyclic amines) is 1. The molecule has 8 heteroatoms. The van der Waals surface area contributed by atoms with E-state index in [0.29, 0.717) is 31.6 Å². The first-order chi connectivity index (χ1) is 17.0. The van der Waals surface area contributed by atoms with Crippen LogP contribution in [0.25, 0.3) is 11.0 Å².